The van der Waals surface area contributed by atoms with Crippen LogP contribution in [0.5, 0.6) is 0 Å². The van der Waals surface area contributed by atoms with Crippen molar-refractivity contribution in [2.24, 2.45) is 5.73 Å². The van der Waals surface area contributed by atoms with Crippen LogP contribution in [0.4, 0.5) is 0 Å². The molecule has 0 aliphatic heterocycles. The SMILES string of the molecule is C=CC(/C=C/C)=C\C(=C)OCCN. The number of hydrogen-bond acceptors (Lipinski definition) is 2. The highest BCUT2D eigenvalue weighted by Gasteiger charge is 1.90. The highest BCUT2D eigenvalue weighted by atomic mass is 16.5. The van der Waals surface area contributed by atoms with E-state index in [-0.39, 0.29) is 0 Å². The largest absolute Gasteiger partial charge is 0.493 e. The van der Waals surface area contributed by atoms with E-state index in [1.807, 2.05) is 25.2 Å². The molecule has 0 atom stereocenters. The Kier molecular flexibility index (Phi) is 6.65. The summed E-state index contributed by atoms with van der Waals surface area (Å²) in [6.45, 7) is 10.3. The predicted octanol–water partition coefficient (Wildman–Crippen LogP) is 2.16. The molecule has 0 aliphatic carbocycles. The lowest BCUT2D eigenvalue weighted by atomic mass is 10.2. The molecule has 0 aromatic rings. The summed E-state index contributed by atoms with van der Waals surface area (Å²) in [5.74, 6) is 0.610. The van der Waals surface area contributed by atoms with E-state index >= 15 is 0 Å². The average Bonchev–Trinajstić information content (AvgIpc) is 2.14. The van der Waals surface area contributed by atoms with Crippen molar-refractivity contribution >= 4 is 0 Å². The Labute approximate surface area is 80.1 Å². The highest BCUT2D eigenvalue weighted by Crippen LogP contribution is 2.04. The summed E-state index contributed by atoms with van der Waals surface area (Å²) in [5.41, 5.74) is 6.25. The third-order valence-electron chi connectivity index (χ3n) is 1.33. The van der Waals surface area contributed by atoms with Crippen molar-refractivity contribution in [1.82, 2.24) is 0 Å². The van der Waals surface area contributed by atoms with Gasteiger partial charge in [0.2, 0.25) is 0 Å². The Hall–Kier alpha value is -1.28. The molecule has 2 N–H and O–H groups in total. The first-order valence-corrected chi connectivity index (χ1v) is 4.23. The molecule has 72 valence electrons. The molecule has 0 aromatic carbocycles. The summed E-state index contributed by atoms with van der Waals surface area (Å²) in [4.78, 5) is 0. The van der Waals surface area contributed by atoms with Crippen molar-refractivity contribution in [2.75, 3.05) is 13.2 Å². The maximum Gasteiger partial charge on any atom is 0.112 e. The number of hydrogen-bond donors (Lipinski definition) is 1. The summed E-state index contributed by atoms with van der Waals surface area (Å²) < 4.78 is 5.19. The highest BCUT2D eigenvalue weighted by molar-refractivity contribution is 5.33. The minimum atomic E-state index is 0.496. The van der Waals surface area contributed by atoms with Crippen molar-refractivity contribution in [3.05, 3.63) is 48.8 Å². The van der Waals surface area contributed by atoms with Gasteiger partial charge in [0.25, 0.3) is 0 Å². The lowest BCUT2D eigenvalue weighted by molar-refractivity contribution is 0.235. The Morgan fingerprint density at radius 1 is 1.54 bits per heavy atom. The number of allylic oxidation sites excluding steroid dienone is 5. The van der Waals surface area contributed by atoms with Crippen LogP contribution >= 0.6 is 0 Å². The van der Waals surface area contributed by atoms with E-state index in [0.717, 1.165) is 5.57 Å². The summed E-state index contributed by atoms with van der Waals surface area (Å²) in [6, 6.07) is 0. The lowest BCUT2D eigenvalue weighted by Gasteiger charge is -2.03. The van der Waals surface area contributed by atoms with Gasteiger partial charge in [-0.05, 0) is 18.6 Å². The zero-order chi connectivity index (χ0) is 10.1. The zero-order valence-corrected chi connectivity index (χ0v) is 8.12. The second-order valence-electron chi connectivity index (χ2n) is 2.45. The van der Waals surface area contributed by atoms with Crippen LogP contribution in [0.15, 0.2) is 48.8 Å². The van der Waals surface area contributed by atoms with Crippen molar-refractivity contribution in [1.29, 1.82) is 0 Å². The Bertz CT molecular complexity index is 226. The minimum absolute atomic E-state index is 0.496. The Morgan fingerprint density at radius 2 is 2.23 bits per heavy atom. The summed E-state index contributed by atoms with van der Waals surface area (Å²) in [6.07, 6.45) is 7.44. The normalized spacial score (nSPS) is 11.7. The first-order valence-electron chi connectivity index (χ1n) is 4.23. The van der Waals surface area contributed by atoms with Crippen LogP contribution in [0.1, 0.15) is 6.92 Å². The summed E-state index contributed by atoms with van der Waals surface area (Å²) >= 11 is 0. The van der Waals surface area contributed by atoms with Gasteiger partial charge in [0, 0.05) is 6.54 Å². The molecule has 0 amide bonds. The molecule has 0 radical (unpaired) electrons. The van der Waals surface area contributed by atoms with Gasteiger partial charge in [0.1, 0.15) is 12.4 Å². The Balaban J connectivity index is 4.16. The van der Waals surface area contributed by atoms with Crippen LogP contribution in [0, 0.1) is 0 Å². The van der Waals surface area contributed by atoms with E-state index in [4.69, 9.17) is 10.5 Å². The van der Waals surface area contributed by atoms with Gasteiger partial charge in [-0.15, -0.1) is 0 Å². The number of nitrogens with two attached hydrogens (primary N) is 1. The predicted molar refractivity (Wildman–Crippen MR) is 57.2 cm³/mol. The lowest BCUT2D eigenvalue weighted by Crippen LogP contribution is -2.07. The standard InChI is InChI=1S/C11H17NO/c1-4-6-11(5-2)9-10(3)13-8-7-12/h4-6,9H,2-3,7-8,12H2,1H3/b6-4+,11-9+. The van der Waals surface area contributed by atoms with E-state index in [1.54, 1.807) is 6.08 Å². The molecule has 0 rings (SSSR count). The minimum Gasteiger partial charge on any atom is -0.493 e. The van der Waals surface area contributed by atoms with Gasteiger partial charge in [-0.2, -0.15) is 0 Å². The quantitative estimate of drug-likeness (QED) is 0.501. The molecule has 0 spiro atoms. The van der Waals surface area contributed by atoms with Crippen LogP contribution in [0.3, 0.4) is 0 Å². The first kappa shape index (κ1) is 11.7. The van der Waals surface area contributed by atoms with Gasteiger partial charge in [-0.25, -0.2) is 0 Å². The van der Waals surface area contributed by atoms with Crippen LogP contribution in [0.25, 0.3) is 0 Å². The van der Waals surface area contributed by atoms with Gasteiger partial charge < -0.3 is 10.5 Å². The van der Waals surface area contributed by atoms with Crippen LogP contribution < -0.4 is 5.73 Å². The van der Waals surface area contributed by atoms with Gasteiger partial charge in [-0.3, -0.25) is 0 Å². The average molecular weight is 179 g/mol. The second-order valence-corrected chi connectivity index (χ2v) is 2.45. The molecular weight excluding hydrogens is 162 g/mol. The third-order valence-corrected chi connectivity index (χ3v) is 1.33. The molecule has 0 heterocycles. The fourth-order valence-electron chi connectivity index (χ4n) is 0.785. The molecule has 2 nitrogen and oxygen atoms in total. The maximum absolute atomic E-state index is 5.28. The second kappa shape index (κ2) is 7.37. The van der Waals surface area contributed by atoms with Gasteiger partial charge in [0.05, 0.1) is 0 Å². The summed E-state index contributed by atoms with van der Waals surface area (Å²) in [7, 11) is 0. The van der Waals surface area contributed by atoms with E-state index in [9.17, 15) is 0 Å². The number of ether oxygens (including phenoxy) is 1. The van der Waals surface area contributed by atoms with E-state index < -0.39 is 0 Å². The monoisotopic (exact) mass is 179 g/mol. The zero-order valence-electron chi connectivity index (χ0n) is 8.12. The van der Waals surface area contributed by atoms with E-state index in [0.29, 0.717) is 18.9 Å². The third kappa shape index (κ3) is 5.93. The van der Waals surface area contributed by atoms with Gasteiger partial charge >= 0.3 is 0 Å². The van der Waals surface area contributed by atoms with Crippen LogP contribution in [-0.4, -0.2) is 13.2 Å². The van der Waals surface area contributed by atoms with Crippen molar-refractivity contribution in [3.8, 4) is 0 Å². The van der Waals surface area contributed by atoms with Crippen LogP contribution in [-0.2, 0) is 4.74 Å². The molecule has 0 unspecified atom stereocenters. The molecule has 2 heteroatoms. The molecule has 0 saturated heterocycles. The smallest absolute Gasteiger partial charge is 0.112 e. The number of rotatable bonds is 6. The summed E-state index contributed by atoms with van der Waals surface area (Å²) in [5, 5.41) is 0. The molecule has 0 bridgehead atoms. The topological polar surface area (TPSA) is 35.2 Å². The molecular formula is C11H17NO. The Morgan fingerprint density at radius 3 is 2.69 bits per heavy atom. The first-order chi connectivity index (χ1) is 6.24. The van der Waals surface area contributed by atoms with Crippen LogP contribution in [0.2, 0.25) is 0 Å². The molecule has 0 aromatic heterocycles. The van der Waals surface area contributed by atoms with Gasteiger partial charge in [0.15, 0.2) is 0 Å². The fraction of sp³-hybridized carbons (Fsp3) is 0.273. The fourth-order valence-corrected chi connectivity index (χ4v) is 0.785. The van der Waals surface area contributed by atoms with Crippen molar-refractivity contribution in [3.63, 3.8) is 0 Å². The van der Waals surface area contributed by atoms with Crippen molar-refractivity contribution in [2.45, 2.75) is 6.92 Å². The van der Waals surface area contributed by atoms with E-state index in [1.165, 1.54) is 0 Å². The van der Waals surface area contributed by atoms with Gasteiger partial charge in [-0.1, -0.05) is 31.4 Å². The maximum atomic E-state index is 5.28. The van der Waals surface area contributed by atoms with Crippen molar-refractivity contribution < 1.29 is 4.74 Å². The van der Waals surface area contributed by atoms with E-state index in [2.05, 4.69) is 13.2 Å². The molecule has 13 heavy (non-hydrogen) atoms. The molecule has 0 aliphatic rings. The molecule has 0 saturated carbocycles. The molecule has 0 fully saturated rings.